The van der Waals surface area contributed by atoms with Crippen LogP contribution in [0.5, 0.6) is 0 Å². The van der Waals surface area contributed by atoms with Crippen LogP contribution in [0.25, 0.3) is 53.7 Å². The molecule has 3 aromatic heterocycles. The van der Waals surface area contributed by atoms with E-state index < -0.39 is 0 Å². The smallest absolute Gasteiger partial charge is 0.124 e. The van der Waals surface area contributed by atoms with Gasteiger partial charge in [-0.15, -0.1) is 34.0 Å². The van der Waals surface area contributed by atoms with Gasteiger partial charge in [-0.05, 0) is 13.8 Å². The van der Waals surface area contributed by atoms with Crippen molar-refractivity contribution in [3.05, 3.63) is 101 Å². The first-order valence-electron chi connectivity index (χ1n) is 11.3. The van der Waals surface area contributed by atoms with E-state index in [0.717, 1.165) is 58.5 Å². The van der Waals surface area contributed by atoms with Gasteiger partial charge in [0.15, 0.2) is 0 Å². The Kier molecular flexibility index (Phi) is 5.86. The third-order valence-corrected chi connectivity index (χ3v) is 8.87. The predicted octanol–water partition coefficient (Wildman–Crippen LogP) is 9.01. The van der Waals surface area contributed by atoms with Crippen molar-refractivity contribution in [2.24, 2.45) is 0 Å². The first-order chi connectivity index (χ1) is 17.2. The lowest BCUT2D eigenvalue weighted by Crippen LogP contribution is -1.87. The van der Waals surface area contributed by atoms with Gasteiger partial charge in [0.1, 0.15) is 26.4 Å². The van der Waals surface area contributed by atoms with Gasteiger partial charge in [-0.3, -0.25) is 0 Å². The van der Waals surface area contributed by atoms with Gasteiger partial charge in [0.05, 0.1) is 10.6 Å². The fourth-order valence-electron chi connectivity index (χ4n) is 3.98. The summed E-state index contributed by atoms with van der Waals surface area (Å²) in [6.45, 7) is 4.28. The summed E-state index contributed by atoms with van der Waals surface area (Å²) < 4.78 is 0. The summed E-state index contributed by atoms with van der Waals surface area (Å²) >= 11 is 5.14. The van der Waals surface area contributed by atoms with Crippen LogP contribution in [0.1, 0.15) is 9.75 Å². The standard InChI is InChI=1S/C29H21N3S3/c1-18-23(30-27(33-18)20-12-6-3-7-13-20)25-26(35-29(32-25)22-16-10-5-11-17-22)24-19(2)34-28(31-24)21-14-8-4-9-15-21/h3-17H,1-2H3. The van der Waals surface area contributed by atoms with Crippen molar-refractivity contribution in [1.82, 2.24) is 15.0 Å². The average Bonchev–Trinajstić information content (AvgIpc) is 3.62. The Hall–Kier alpha value is -3.45. The molecule has 3 aromatic carbocycles. The summed E-state index contributed by atoms with van der Waals surface area (Å²) in [5.41, 5.74) is 6.23. The molecular weight excluding hydrogens is 487 g/mol. The van der Waals surface area contributed by atoms with Crippen molar-refractivity contribution >= 4 is 34.0 Å². The van der Waals surface area contributed by atoms with E-state index in [4.69, 9.17) is 15.0 Å². The van der Waals surface area contributed by atoms with Gasteiger partial charge in [0.2, 0.25) is 0 Å². The molecule has 170 valence electrons. The highest BCUT2D eigenvalue weighted by atomic mass is 32.1. The highest BCUT2D eigenvalue weighted by Crippen LogP contribution is 2.45. The SMILES string of the molecule is Cc1sc(-c2ccccc2)nc1-c1nc(-c2ccccc2)sc1-c1nc(-c2ccccc2)sc1C. The number of nitrogens with zero attached hydrogens (tertiary/aromatic N) is 3. The molecule has 0 aliphatic heterocycles. The molecule has 6 rings (SSSR count). The van der Waals surface area contributed by atoms with Crippen LogP contribution in [-0.2, 0) is 0 Å². The highest BCUT2D eigenvalue weighted by Gasteiger charge is 2.24. The second-order valence-corrected chi connectivity index (χ2v) is 11.5. The summed E-state index contributed by atoms with van der Waals surface area (Å²) in [4.78, 5) is 18.7. The molecule has 3 nitrogen and oxygen atoms in total. The predicted molar refractivity (Wildman–Crippen MR) is 150 cm³/mol. The zero-order valence-corrected chi connectivity index (χ0v) is 21.7. The van der Waals surface area contributed by atoms with Crippen LogP contribution in [0.4, 0.5) is 0 Å². The van der Waals surface area contributed by atoms with E-state index in [1.807, 2.05) is 18.2 Å². The Morgan fingerprint density at radius 3 is 1.29 bits per heavy atom. The molecule has 3 heterocycles. The number of hydrogen-bond acceptors (Lipinski definition) is 6. The minimum absolute atomic E-state index is 0.915. The van der Waals surface area contributed by atoms with E-state index in [2.05, 4.69) is 86.6 Å². The van der Waals surface area contributed by atoms with E-state index in [0.29, 0.717) is 0 Å². The average molecular weight is 508 g/mol. The van der Waals surface area contributed by atoms with Gasteiger partial charge in [-0.25, -0.2) is 15.0 Å². The molecule has 6 aromatic rings. The second-order valence-electron chi connectivity index (χ2n) is 8.14. The number of aromatic nitrogens is 3. The molecular formula is C29H21N3S3. The lowest BCUT2D eigenvalue weighted by molar-refractivity contribution is 1.30. The molecule has 0 spiro atoms. The molecule has 35 heavy (non-hydrogen) atoms. The van der Waals surface area contributed by atoms with Crippen LogP contribution in [0, 0.1) is 13.8 Å². The van der Waals surface area contributed by atoms with Crippen LogP contribution in [-0.4, -0.2) is 15.0 Å². The van der Waals surface area contributed by atoms with E-state index in [1.165, 1.54) is 4.88 Å². The molecule has 0 fully saturated rings. The molecule has 0 N–H and O–H groups in total. The van der Waals surface area contributed by atoms with E-state index in [1.54, 1.807) is 34.0 Å². The van der Waals surface area contributed by atoms with Crippen LogP contribution in [0.3, 0.4) is 0 Å². The van der Waals surface area contributed by atoms with Crippen LogP contribution in [0.15, 0.2) is 91.0 Å². The maximum absolute atomic E-state index is 5.15. The number of aryl methyl sites for hydroxylation is 2. The van der Waals surface area contributed by atoms with Gasteiger partial charge in [-0.1, -0.05) is 91.0 Å². The van der Waals surface area contributed by atoms with Crippen molar-refractivity contribution in [3.8, 4) is 53.7 Å². The Morgan fingerprint density at radius 1 is 0.429 bits per heavy atom. The maximum Gasteiger partial charge on any atom is 0.124 e. The third kappa shape index (κ3) is 4.25. The molecule has 0 saturated carbocycles. The Labute approximate surface area is 216 Å². The van der Waals surface area contributed by atoms with Gasteiger partial charge in [-0.2, -0.15) is 0 Å². The summed E-state index contributed by atoms with van der Waals surface area (Å²) in [6.07, 6.45) is 0. The quantitative estimate of drug-likeness (QED) is 0.234. The molecule has 0 bridgehead atoms. The zero-order chi connectivity index (χ0) is 23.8. The van der Waals surface area contributed by atoms with Crippen molar-refractivity contribution in [2.75, 3.05) is 0 Å². The van der Waals surface area contributed by atoms with E-state index in [9.17, 15) is 0 Å². The minimum atomic E-state index is 0.915. The van der Waals surface area contributed by atoms with Crippen LogP contribution >= 0.6 is 34.0 Å². The Morgan fingerprint density at radius 2 is 0.800 bits per heavy atom. The van der Waals surface area contributed by atoms with Gasteiger partial charge < -0.3 is 0 Å². The fourth-order valence-corrected chi connectivity index (χ4v) is 7.01. The van der Waals surface area contributed by atoms with Gasteiger partial charge in [0, 0.05) is 26.4 Å². The number of rotatable bonds is 5. The van der Waals surface area contributed by atoms with E-state index >= 15 is 0 Å². The Bertz CT molecular complexity index is 1500. The monoisotopic (exact) mass is 507 g/mol. The molecule has 0 aliphatic carbocycles. The van der Waals surface area contributed by atoms with Gasteiger partial charge in [0.25, 0.3) is 0 Å². The first kappa shape index (κ1) is 22.0. The van der Waals surface area contributed by atoms with Crippen molar-refractivity contribution in [2.45, 2.75) is 13.8 Å². The van der Waals surface area contributed by atoms with Crippen LogP contribution in [0.2, 0.25) is 0 Å². The first-order valence-corrected chi connectivity index (χ1v) is 13.7. The molecule has 0 saturated heterocycles. The lowest BCUT2D eigenvalue weighted by atomic mass is 10.2. The zero-order valence-electron chi connectivity index (χ0n) is 19.2. The molecule has 0 atom stereocenters. The second kappa shape index (κ2) is 9.30. The summed E-state index contributed by atoms with van der Waals surface area (Å²) in [7, 11) is 0. The van der Waals surface area contributed by atoms with Crippen molar-refractivity contribution in [1.29, 1.82) is 0 Å². The van der Waals surface area contributed by atoms with Crippen LogP contribution < -0.4 is 0 Å². The van der Waals surface area contributed by atoms with Gasteiger partial charge >= 0.3 is 0 Å². The lowest BCUT2D eigenvalue weighted by Gasteiger charge is -2.00. The number of thiazole rings is 3. The number of benzene rings is 3. The third-order valence-electron chi connectivity index (χ3n) is 5.72. The molecule has 0 amide bonds. The molecule has 0 aliphatic rings. The Balaban J connectivity index is 1.53. The summed E-state index contributed by atoms with van der Waals surface area (Å²) in [5, 5.41) is 3.02. The summed E-state index contributed by atoms with van der Waals surface area (Å²) in [6, 6.07) is 31.1. The highest BCUT2D eigenvalue weighted by molar-refractivity contribution is 7.20. The van der Waals surface area contributed by atoms with Crippen molar-refractivity contribution in [3.63, 3.8) is 0 Å². The fraction of sp³-hybridized carbons (Fsp3) is 0.0690. The van der Waals surface area contributed by atoms with E-state index in [-0.39, 0.29) is 0 Å². The largest absolute Gasteiger partial charge is 0.235 e. The normalized spacial score (nSPS) is 11.1. The van der Waals surface area contributed by atoms with Crippen molar-refractivity contribution < 1.29 is 0 Å². The minimum Gasteiger partial charge on any atom is -0.235 e. The molecule has 6 heteroatoms. The topological polar surface area (TPSA) is 38.7 Å². The molecule has 0 radical (unpaired) electrons. The molecule has 0 unspecified atom stereocenters. The summed E-state index contributed by atoms with van der Waals surface area (Å²) in [5.74, 6) is 0. The number of hydrogen-bond donors (Lipinski definition) is 0. The maximum atomic E-state index is 5.15.